The van der Waals surface area contributed by atoms with Gasteiger partial charge in [0, 0.05) is 0 Å². The fourth-order valence-corrected chi connectivity index (χ4v) is 1.44. The lowest BCUT2D eigenvalue weighted by Crippen LogP contribution is -2.35. The van der Waals surface area contributed by atoms with Crippen LogP contribution >= 0.6 is 0 Å². The van der Waals surface area contributed by atoms with E-state index in [0.717, 1.165) is 5.56 Å². The number of carboxylic acids is 3. The van der Waals surface area contributed by atoms with Crippen LogP contribution in [0.1, 0.15) is 12.0 Å². The Balaban J connectivity index is 0.000000433. The molecule has 0 aliphatic heterocycles. The Labute approximate surface area is 127 Å². The van der Waals surface area contributed by atoms with Gasteiger partial charge in [-0.1, -0.05) is 30.3 Å². The summed E-state index contributed by atoms with van der Waals surface area (Å²) >= 11 is 0. The van der Waals surface area contributed by atoms with Gasteiger partial charge in [-0.3, -0.25) is 14.4 Å². The summed E-state index contributed by atoms with van der Waals surface area (Å²) in [6.45, 7) is 0. The first-order chi connectivity index (χ1) is 10.3. The summed E-state index contributed by atoms with van der Waals surface area (Å²) in [6, 6.07) is 7.79. The summed E-state index contributed by atoms with van der Waals surface area (Å²) in [6.07, 6.45) is -0.0119. The highest BCUT2D eigenvalue weighted by molar-refractivity contribution is 5.80. The normalized spacial score (nSPS) is 12.5. The predicted molar refractivity (Wildman–Crippen MR) is 78.5 cm³/mol. The van der Waals surface area contributed by atoms with E-state index in [1.54, 1.807) is 7.05 Å². The van der Waals surface area contributed by atoms with Crippen molar-refractivity contribution in [2.75, 3.05) is 7.05 Å². The summed E-state index contributed by atoms with van der Waals surface area (Å²) in [5.74, 6) is -3.31. The van der Waals surface area contributed by atoms with Gasteiger partial charge in [0.05, 0.1) is 6.42 Å². The molecule has 0 fully saturated rings. The number of benzene rings is 1. The lowest BCUT2D eigenvalue weighted by atomic mass is 10.1. The van der Waals surface area contributed by atoms with Gasteiger partial charge in [0.25, 0.3) is 0 Å². The van der Waals surface area contributed by atoms with Gasteiger partial charge in [-0.25, -0.2) is 0 Å². The van der Waals surface area contributed by atoms with Crippen molar-refractivity contribution >= 4 is 17.9 Å². The van der Waals surface area contributed by atoms with Crippen LogP contribution in [0.15, 0.2) is 30.3 Å². The maximum absolute atomic E-state index is 10.7. The SMILES string of the molecule is CN[C@@H](Cc1ccccc1)C(=O)O.N[C@@H](CC(=O)O)C(=O)O. The van der Waals surface area contributed by atoms with Crippen LogP contribution in [-0.4, -0.2) is 52.4 Å². The molecule has 8 heteroatoms. The minimum atomic E-state index is -1.29. The number of hydrogen-bond acceptors (Lipinski definition) is 5. The van der Waals surface area contributed by atoms with Crippen LogP contribution < -0.4 is 11.1 Å². The third-order valence-electron chi connectivity index (χ3n) is 2.64. The van der Waals surface area contributed by atoms with Gasteiger partial charge in [-0.2, -0.15) is 0 Å². The molecule has 8 nitrogen and oxygen atoms in total. The van der Waals surface area contributed by atoms with Gasteiger partial charge in [0.15, 0.2) is 0 Å². The van der Waals surface area contributed by atoms with Gasteiger partial charge in [-0.15, -0.1) is 0 Å². The topological polar surface area (TPSA) is 150 Å². The first kappa shape index (κ1) is 19.6. The Morgan fingerprint density at radius 2 is 1.64 bits per heavy atom. The summed E-state index contributed by atoms with van der Waals surface area (Å²) in [4.78, 5) is 30.3. The third kappa shape index (κ3) is 8.67. The highest BCUT2D eigenvalue weighted by Gasteiger charge is 2.15. The van der Waals surface area contributed by atoms with Crippen molar-refractivity contribution in [2.24, 2.45) is 5.73 Å². The lowest BCUT2D eigenvalue weighted by Gasteiger charge is -2.10. The molecule has 1 aromatic rings. The number of likely N-dealkylation sites (N-methyl/N-ethyl adjacent to an activating group) is 1. The molecule has 22 heavy (non-hydrogen) atoms. The third-order valence-corrected chi connectivity index (χ3v) is 2.64. The van der Waals surface area contributed by atoms with Crippen molar-refractivity contribution in [3.05, 3.63) is 35.9 Å². The number of rotatable bonds is 7. The Morgan fingerprint density at radius 1 is 1.09 bits per heavy atom. The minimum Gasteiger partial charge on any atom is -0.481 e. The number of nitrogens with two attached hydrogens (primary N) is 1. The Morgan fingerprint density at radius 3 is 1.95 bits per heavy atom. The van der Waals surface area contributed by atoms with Crippen molar-refractivity contribution in [3.63, 3.8) is 0 Å². The van der Waals surface area contributed by atoms with Gasteiger partial charge < -0.3 is 26.4 Å². The van der Waals surface area contributed by atoms with E-state index in [1.807, 2.05) is 30.3 Å². The van der Waals surface area contributed by atoms with Crippen LogP contribution in [0.25, 0.3) is 0 Å². The molecule has 2 atom stereocenters. The molecule has 0 spiro atoms. The van der Waals surface area contributed by atoms with Gasteiger partial charge >= 0.3 is 17.9 Å². The van der Waals surface area contributed by atoms with E-state index in [2.05, 4.69) is 5.32 Å². The molecule has 0 heterocycles. The highest BCUT2D eigenvalue weighted by atomic mass is 16.4. The lowest BCUT2D eigenvalue weighted by molar-refractivity contribution is -0.144. The van der Waals surface area contributed by atoms with Crippen LogP contribution in [0, 0.1) is 0 Å². The highest BCUT2D eigenvalue weighted by Crippen LogP contribution is 2.02. The molecular formula is C14H20N2O6. The molecule has 1 aromatic carbocycles. The number of carboxylic acid groups (broad SMARTS) is 3. The van der Waals surface area contributed by atoms with Gasteiger partial charge in [-0.05, 0) is 19.0 Å². The number of carbonyl (C=O) groups is 3. The van der Waals surface area contributed by atoms with E-state index in [-0.39, 0.29) is 0 Å². The molecule has 1 rings (SSSR count). The minimum absolute atomic E-state index is 0.498. The quantitative estimate of drug-likeness (QED) is 0.463. The zero-order valence-electron chi connectivity index (χ0n) is 12.1. The number of aliphatic carboxylic acids is 3. The fourth-order valence-electron chi connectivity index (χ4n) is 1.44. The van der Waals surface area contributed by atoms with Crippen molar-refractivity contribution in [3.8, 4) is 0 Å². The largest absolute Gasteiger partial charge is 0.481 e. The number of hydrogen-bond donors (Lipinski definition) is 5. The maximum Gasteiger partial charge on any atom is 0.321 e. The monoisotopic (exact) mass is 312 g/mol. The molecule has 6 N–H and O–H groups in total. The van der Waals surface area contributed by atoms with E-state index in [4.69, 9.17) is 21.1 Å². The molecule has 0 unspecified atom stereocenters. The van der Waals surface area contributed by atoms with Gasteiger partial charge in [0.2, 0.25) is 0 Å². The van der Waals surface area contributed by atoms with Gasteiger partial charge in [0.1, 0.15) is 12.1 Å². The first-order valence-corrected chi connectivity index (χ1v) is 6.42. The molecule has 0 aliphatic carbocycles. The Hall–Kier alpha value is -2.45. The van der Waals surface area contributed by atoms with E-state index < -0.39 is 36.4 Å². The summed E-state index contributed by atoms with van der Waals surface area (Å²) in [5, 5.41) is 27.6. The average molecular weight is 312 g/mol. The number of nitrogens with one attached hydrogen (secondary N) is 1. The molecule has 0 aliphatic rings. The van der Waals surface area contributed by atoms with Crippen LogP contribution in [-0.2, 0) is 20.8 Å². The second-order valence-corrected chi connectivity index (χ2v) is 4.41. The van der Waals surface area contributed by atoms with E-state index in [1.165, 1.54) is 0 Å². The first-order valence-electron chi connectivity index (χ1n) is 6.42. The van der Waals surface area contributed by atoms with E-state index >= 15 is 0 Å². The maximum atomic E-state index is 10.7. The molecule has 0 bridgehead atoms. The molecule has 0 saturated carbocycles. The molecule has 0 aromatic heterocycles. The van der Waals surface area contributed by atoms with Crippen molar-refractivity contribution < 1.29 is 29.7 Å². The van der Waals surface area contributed by atoms with Crippen LogP contribution in [0.5, 0.6) is 0 Å². The summed E-state index contributed by atoms with van der Waals surface area (Å²) in [5.41, 5.74) is 5.87. The predicted octanol–water partition coefficient (Wildman–Crippen LogP) is -0.225. The molecule has 0 saturated heterocycles. The van der Waals surface area contributed by atoms with Crippen LogP contribution in [0.3, 0.4) is 0 Å². The second-order valence-electron chi connectivity index (χ2n) is 4.41. The van der Waals surface area contributed by atoms with Crippen molar-refractivity contribution in [1.29, 1.82) is 0 Å². The zero-order chi connectivity index (χ0) is 17.1. The van der Waals surface area contributed by atoms with Crippen LogP contribution in [0.4, 0.5) is 0 Å². The Bertz CT molecular complexity index is 491. The zero-order valence-corrected chi connectivity index (χ0v) is 12.1. The summed E-state index contributed by atoms with van der Waals surface area (Å²) < 4.78 is 0. The molecule has 122 valence electrons. The average Bonchev–Trinajstić information content (AvgIpc) is 2.45. The standard InChI is InChI=1S/C10H13NO2.C4H7NO4/c1-11-9(10(12)13)7-8-5-3-2-4-6-8;5-2(4(8)9)1-3(6)7/h2-6,9,11H,7H2,1H3,(H,12,13);2H,1,5H2,(H,6,7)(H,8,9)/t9-;2-/m00/s1. The van der Waals surface area contributed by atoms with E-state index in [0.29, 0.717) is 6.42 Å². The Kier molecular flexibility index (Phi) is 9.15. The second kappa shape index (κ2) is 10.3. The molecule has 0 radical (unpaired) electrons. The molecule has 0 amide bonds. The van der Waals surface area contributed by atoms with Crippen LogP contribution in [0.2, 0.25) is 0 Å². The fraction of sp³-hybridized carbons (Fsp3) is 0.357. The molecular weight excluding hydrogens is 292 g/mol. The van der Waals surface area contributed by atoms with Crippen molar-refractivity contribution in [1.82, 2.24) is 5.32 Å². The summed E-state index contributed by atoms with van der Waals surface area (Å²) in [7, 11) is 1.65. The smallest absolute Gasteiger partial charge is 0.321 e. The van der Waals surface area contributed by atoms with E-state index in [9.17, 15) is 14.4 Å². The van der Waals surface area contributed by atoms with Crippen molar-refractivity contribution in [2.45, 2.75) is 24.9 Å².